The third kappa shape index (κ3) is 4.87. The Hall–Kier alpha value is -0.980. The molecule has 0 radical (unpaired) electrons. The molecule has 1 aromatic carbocycles. The summed E-state index contributed by atoms with van der Waals surface area (Å²) in [6.07, 6.45) is 9.23. The zero-order valence-electron chi connectivity index (χ0n) is 9.84. The van der Waals surface area contributed by atoms with Crippen molar-refractivity contribution in [3.05, 3.63) is 29.8 Å². The number of benzene rings is 1. The lowest BCUT2D eigenvalue weighted by Crippen LogP contribution is -1.93. The fraction of sp³-hybridized carbons (Fsp3) is 0.571. The molecule has 0 bridgehead atoms. The van der Waals surface area contributed by atoms with Crippen LogP contribution in [0.1, 0.15) is 51.0 Å². The molecular formula is C14H23N. The first kappa shape index (κ1) is 12.1. The van der Waals surface area contributed by atoms with Crippen molar-refractivity contribution in [3.8, 4) is 0 Å². The molecule has 0 aliphatic rings. The van der Waals surface area contributed by atoms with Crippen LogP contribution in [-0.2, 0) is 6.42 Å². The lowest BCUT2D eigenvalue weighted by atomic mass is 10.0. The van der Waals surface area contributed by atoms with E-state index in [4.69, 9.17) is 5.73 Å². The fourth-order valence-corrected chi connectivity index (χ4v) is 1.86. The quantitative estimate of drug-likeness (QED) is 0.524. The van der Waals surface area contributed by atoms with Crippen LogP contribution in [0.4, 0.5) is 5.69 Å². The minimum Gasteiger partial charge on any atom is -0.399 e. The van der Waals surface area contributed by atoms with Crippen LogP contribution in [0, 0.1) is 0 Å². The summed E-state index contributed by atoms with van der Waals surface area (Å²) in [5, 5.41) is 0. The van der Waals surface area contributed by atoms with Crippen LogP contribution in [0.3, 0.4) is 0 Å². The Balaban J connectivity index is 2.12. The largest absolute Gasteiger partial charge is 0.399 e. The highest BCUT2D eigenvalue weighted by Gasteiger charge is 1.97. The Morgan fingerprint density at radius 1 is 0.933 bits per heavy atom. The summed E-state index contributed by atoms with van der Waals surface area (Å²) < 4.78 is 0. The maximum absolute atomic E-state index is 5.88. The van der Waals surface area contributed by atoms with Crippen molar-refractivity contribution in [1.29, 1.82) is 0 Å². The van der Waals surface area contributed by atoms with Crippen LogP contribution in [0.25, 0.3) is 0 Å². The highest BCUT2D eigenvalue weighted by atomic mass is 14.6. The second kappa shape index (κ2) is 7.33. The molecule has 1 rings (SSSR count). The molecule has 2 N–H and O–H groups in total. The van der Waals surface area contributed by atoms with Gasteiger partial charge in [0.05, 0.1) is 0 Å². The molecule has 1 aromatic rings. The maximum Gasteiger partial charge on any atom is 0.0346 e. The average Bonchev–Trinajstić information content (AvgIpc) is 2.25. The first-order valence-electron chi connectivity index (χ1n) is 6.18. The number of rotatable bonds is 7. The number of hydrogen-bond acceptors (Lipinski definition) is 1. The van der Waals surface area contributed by atoms with E-state index in [9.17, 15) is 0 Å². The summed E-state index contributed by atoms with van der Waals surface area (Å²) >= 11 is 0. The lowest BCUT2D eigenvalue weighted by molar-refractivity contribution is 0.608. The van der Waals surface area contributed by atoms with E-state index in [1.807, 2.05) is 12.1 Å². The third-order valence-corrected chi connectivity index (χ3v) is 2.85. The minimum atomic E-state index is 0.950. The Labute approximate surface area is 93.7 Å². The molecule has 0 amide bonds. The smallest absolute Gasteiger partial charge is 0.0346 e. The molecule has 1 nitrogen and oxygen atoms in total. The van der Waals surface area contributed by atoms with Crippen molar-refractivity contribution in [2.45, 2.75) is 51.9 Å². The summed E-state index contributed by atoms with van der Waals surface area (Å²) in [7, 11) is 0. The SMILES string of the molecule is CCCCCCCCc1ccccc1N. The van der Waals surface area contributed by atoms with Gasteiger partial charge in [-0.2, -0.15) is 0 Å². The van der Waals surface area contributed by atoms with Gasteiger partial charge in [0, 0.05) is 5.69 Å². The Morgan fingerprint density at radius 2 is 1.60 bits per heavy atom. The molecule has 0 saturated heterocycles. The molecule has 15 heavy (non-hydrogen) atoms. The molecule has 1 heteroatoms. The van der Waals surface area contributed by atoms with Crippen molar-refractivity contribution in [2.75, 3.05) is 5.73 Å². The van der Waals surface area contributed by atoms with E-state index >= 15 is 0 Å². The van der Waals surface area contributed by atoms with E-state index in [2.05, 4.69) is 19.1 Å². The minimum absolute atomic E-state index is 0.950. The monoisotopic (exact) mass is 205 g/mol. The Bertz CT molecular complexity index is 268. The first-order chi connectivity index (χ1) is 7.34. The van der Waals surface area contributed by atoms with Gasteiger partial charge in [-0.3, -0.25) is 0 Å². The molecule has 0 saturated carbocycles. The zero-order chi connectivity index (χ0) is 10.9. The fourth-order valence-electron chi connectivity index (χ4n) is 1.86. The van der Waals surface area contributed by atoms with E-state index < -0.39 is 0 Å². The third-order valence-electron chi connectivity index (χ3n) is 2.85. The molecule has 0 atom stereocenters. The van der Waals surface area contributed by atoms with E-state index in [-0.39, 0.29) is 0 Å². The average molecular weight is 205 g/mol. The van der Waals surface area contributed by atoms with Gasteiger partial charge in [0.25, 0.3) is 0 Å². The number of para-hydroxylation sites is 1. The molecule has 84 valence electrons. The predicted molar refractivity (Wildman–Crippen MR) is 67.9 cm³/mol. The number of nitrogens with two attached hydrogens (primary N) is 1. The van der Waals surface area contributed by atoms with Crippen LogP contribution in [0.15, 0.2) is 24.3 Å². The number of unbranched alkanes of at least 4 members (excludes halogenated alkanes) is 5. The van der Waals surface area contributed by atoms with Gasteiger partial charge in [-0.25, -0.2) is 0 Å². The molecule has 0 fully saturated rings. The van der Waals surface area contributed by atoms with E-state index in [1.165, 1.54) is 44.1 Å². The molecular weight excluding hydrogens is 182 g/mol. The lowest BCUT2D eigenvalue weighted by Gasteiger charge is -2.04. The summed E-state index contributed by atoms with van der Waals surface area (Å²) in [6, 6.07) is 8.21. The van der Waals surface area contributed by atoms with Gasteiger partial charge in [0.2, 0.25) is 0 Å². The summed E-state index contributed by atoms with van der Waals surface area (Å²) in [5.41, 5.74) is 8.15. The number of anilines is 1. The molecule has 0 aromatic heterocycles. The van der Waals surface area contributed by atoms with Crippen molar-refractivity contribution >= 4 is 5.69 Å². The topological polar surface area (TPSA) is 26.0 Å². The van der Waals surface area contributed by atoms with Gasteiger partial charge < -0.3 is 5.73 Å². The molecule has 0 aliphatic carbocycles. The Kier molecular flexibility index (Phi) is 5.91. The summed E-state index contributed by atoms with van der Waals surface area (Å²) in [4.78, 5) is 0. The zero-order valence-corrected chi connectivity index (χ0v) is 9.84. The normalized spacial score (nSPS) is 10.5. The standard InChI is InChI=1S/C14H23N/c1-2-3-4-5-6-7-10-13-11-8-9-12-14(13)15/h8-9,11-12H,2-7,10,15H2,1H3. The van der Waals surface area contributed by atoms with E-state index in [0.29, 0.717) is 0 Å². The number of hydrogen-bond donors (Lipinski definition) is 1. The molecule has 0 spiro atoms. The van der Waals surface area contributed by atoms with Crippen LogP contribution < -0.4 is 5.73 Å². The molecule has 0 aliphatic heterocycles. The van der Waals surface area contributed by atoms with E-state index in [0.717, 1.165) is 12.1 Å². The second-order valence-electron chi connectivity index (χ2n) is 4.22. The van der Waals surface area contributed by atoms with E-state index in [1.54, 1.807) is 0 Å². The highest BCUT2D eigenvalue weighted by Crippen LogP contribution is 2.15. The molecule has 0 heterocycles. The van der Waals surface area contributed by atoms with Gasteiger partial charge in [-0.15, -0.1) is 0 Å². The summed E-state index contributed by atoms with van der Waals surface area (Å²) in [6.45, 7) is 2.25. The first-order valence-corrected chi connectivity index (χ1v) is 6.18. The van der Waals surface area contributed by atoms with Gasteiger partial charge in [-0.05, 0) is 24.5 Å². The highest BCUT2D eigenvalue weighted by molar-refractivity contribution is 5.46. The van der Waals surface area contributed by atoms with Crippen LogP contribution in [0.5, 0.6) is 0 Å². The number of aryl methyl sites for hydroxylation is 1. The van der Waals surface area contributed by atoms with Crippen LogP contribution >= 0.6 is 0 Å². The molecule has 0 unspecified atom stereocenters. The second-order valence-corrected chi connectivity index (χ2v) is 4.22. The van der Waals surface area contributed by atoms with Crippen LogP contribution in [-0.4, -0.2) is 0 Å². The Morgan fingerprint density at radius 3 is 2.33 bits per heavy atom. The maximum atomic E-state index is 5.88. The van der Waals surface area contributed by atoms with Crippen molar-refractivity contribution in [1.82, 2.24) is 0 Å². The van der Waals surface area contributed by atoms with Crippen LogP contribution in [0.2, 0.25) is 0 Å². The van der Waals surface area contributed by atoms with Gasteiger partial charge in [0.1, 0.15) is 0 Å². The van der Waals surface area contributed by atoms with Gasteiger partial charge in [-0.1, -0.05) is 57.2 Å². The van der Waals surface area contributed by atoms with Crippen molar-refractivity contribution in [3.63, 3.8) is 0 Å². The number of nitrogen functional groups attached to an aromatic ring is 1. The predicted octanol–water partition coefficient (Wildman–Crippen LogP) is 4.17. The van der Waals surface area contributed by atoms with Crippen molar-refractivity contribution < 1.29 is 0 Å². The van der Waals surface area contributed by atoms with Crippen molar-refractivity contribution in [2.24, 2.45) is 0 Å². The van der Waals surface area contributed by atoms with Gasteiger partial charge in [0.15, 0.2) is 0 Å². The van der Waals surface area contributed by atoms with Gasteiger partial charge >= 0.3 is 0 Å². The summed E-state index contributed by atoms with van der Waals surface area (Å²) in [5.74, 6) is 0.